The number of carbonyl (C=O) groups excluding carboxylic acids is 1. The zero-order valence-electron chi connectivity index (χ0n) is 17.5. The standard InChI is InChI=1S/C20H30F6O3/c1-9(2)10(3)15(18(28,19(21,22)23)20(24,25)26)29-16(27)17(6)8-13-7-14(17)12(5)11(13)4/h9-15,28H,7-8H2,1-6H3. The molecule has 0 aromatic carbocycles. The van der Waals surface area contributed by atoms with Gasteiger partial charge < -0.3 is 9.84 Å². The molecule has 9 heteroatoms. The molecule has 7 unspecified atom stereocenters. The Morgan fingerprint density at radius 1 is 1.03 bits per heavy atom. The van der Waals surface area contributed by atoms with Crippen LogP contribution in [-0.2, 0) is 9.53 Å². The Balaban J connectivity index is 2.43. The van der Waals surface area contributed by atoms with Crippen molar-refractivity contribution in [2.75, 3.05) is 0 Å². The van der Waals surface area contributed by atoms with E-state index in [0.29, 0.717) is 18.8 Å². The molecule has 29 heavy (non-hydrogen) atoms. The third-order valence-electron chi connectivity index (χ3n) is 7.77. The maximum Gasteiger partial charge on any atom is 0.430 e. The second-order valence-electron chi connectivity index (χ2n) is 9.63. The lowest BCUT2D eigenvalue weighted by atomic mass is 9.66. The first-order chi connectivity index (χ1) is 12.9. The van der Waals surface area contributed by atoms with Crippen LogP contribution in [0.5, 0.6) is 0 Å². The summed E-state index contributed by atoms with van der Waals surface area (Å²) >= 11 is 0. The Morgan fingerprint density at radius 2 is 1.52 bits per heavy atom. The molecule has 0 radical (unpaired) electrons. The number of hydrogen-bond donors (Lipinski definition) is 1. The predicted octanol–water partition coefficient (Wildman–Crippen LogP) is 5.36. The lowest BCUT2D eigenvalue weighted by Crippen LogP contribution is -2.67. The van der Waals surface area contributed by atoms with Gasteiger partial charge in [-0.15, -0.1) is 0 Å². The summed E-state index contributed by atoms with van der Waals surface area (Å²) in [5.74, 6) is -2.73. The number of aliphatic hydroxyl groups is 1. The van der Waals surface area contributed by atoms with Crippen molar-refractivity contribution in [3.63, 3.8) is 0 Å². The predicted molar refractivity (Wildman–Crippen MR) is 93.6 cm³/mol. The number of rotatable bonds is 5. The molecule has 0 aromatic heterocycles. The van der Waals surface area contributed by atoms with Gasteiger partial charge in [-0.1, -0.05) is 34.6 Å². The topological polar surface area (TPSA) is 46.5 Å². The second-order valence-corrected chi connectivity index (χ2v) is 9.63. The maximum absolute atomic E-state index is 13.5. The van der Waals surface area contributed by atoms with Gasteiger partial charge in [0.25, 0.3) is 5.60 Å². The fourth-order valence-electron chi connectivity index (χ4n) is 5.25. The molecule has 0 aliphatic heterocycles. The van der Waals surface area contributed by atoms with Crippen LogP contribution in [0.1, 0.15) is 54.4 Å². The van der Waals surface area contributed by atoms with Crippen LogP contribution < -0.4 is 0 Å². The first-order valence-corrected chi connectivity index (χ1v) is 9.96. The SMILES string of the molecule is CC(C)C(C)C(OC(=O)C1(C)CC2CC1C(C)C2C)C(O)(C(F)(F)F)C(F)(F)F. The van der Waals surface area contributed by atoms with Gasteiger partial charge in [0, 0.05) is 0 Å². The Hall–Kier alpha value is -0.990. The van der Waals surface area contributed by atoms with E-state index in [1.807, 2.05) is 13.8 Å². The van der Waals surface area contributed by atoms with Crippen molar-refractivity contribution in [1.29, 1.82) is 0 Å². The van der Waals surface area contributed by atoms with Gasteiger partial charge in [0.15, 0.2) is 6.10 Å². The van der Waals surface area contributed by atoms with Crippen molar-refractivity contribution in [3.8, 4) is 0 Å². The van der Waals surface area contributed by atoms with Gasteiger partial charge in [0.05, 0.1) is 5.41 Å². The van der Waals surface area contributed by atoms with Crippen LogP contribution in [0.3, 0.4) is 0 Å². The first kappa shape index (κ1) is 24.3. The number of fused-ring (bicyclic) bond motifs is 2. The lowest BCUT2D eigenvalue weighted by molar-refractivity contribution is -0.397. The van der Waals surface area contributed by atoms with Crippen molar-refractivity contribution in [2.45, 2.75) is 78.4 Å². The Labute approximate surface area is 167 Å². The third kappa shape index (κ3) is 3.65. The molecular weight excluding hydrogens is 402 g/mol. The van der Waals surface area contributed by atoms with E-state index >= 15 is 0 Å². The zero-order chi connectivity index (χ0) is 22.7. The van der Waals surface area contributed by atoms with E-state index in [2.05, 4.69) is 0 Å². The minimum atomic E-state index is -6.06. The molecule has 7 atom stereocenters. The summed E-state index contributed by atoms with van der Waals surface area (Å²) < 4.78 is 86.0. The molecule has 1 N–H and O–H groups in total. The lowest BCUT2D eigenvalue weighted by Gasteiger charge is -2.44. The average molecular weight is 432 g/mol. The van der Waals surface area contributed by atoms with Crippen LogP contribution in [0.25, 0.3) is 0 Å². The molecular formula is C20H30F6O3. The first-order valence-electron chi connectivity index (χ1n) is 9.96. The number of hydrogen-bond acceptors (Lipinski definition) is 3. The molecule has 2 rings (SSSR count). The van der Waals surface area contributed by atoms with Gasteiger partial charge in [-0.25, -0.2) is 0 Å². The van der Waals surface area contributed by atoms with Crippen LogP contribution in [0.15, 0.2) is 0 Å². The van der Waals surface area contributed by atoms with Gasteiger partial charge in [0.2, 0.25) is 0 Å². The van der Waals surface area contributed by atoms with Gasteiger partial charge in [-0.3, -0.25) is 4.79 Å². The van der Waals surface area contributed by atoms with Crippen molar-refractivity contribution in [3.05, 3.63) is 0 Å². The van der Waals surface area contributed by atoms with Crippen LogP contribution in [0.2, 0.25) is 0 Å². The molecule has 0 amide bonds. The van der Waals surface area contributed by atoms with Crippen molar-refractivity contribution < 1.29 is 41.0 Å². The van der Waals surface area contributed by atoms with Crippen LogP contribution >= 0.6 is 0 Å². The van der Waals surface area contributed by atoms with Crippen molar-refractivity contribution in [1.82, 2.24) is 0 Å². The smallest absolute Gasteiger partial charge is 0.430 e. The molecule has 0 saturated heterocycles. The highest BCUT2D eigenvalue weighted by Gasteiger charge is 2.76. The molecule has 170 valence electrons. The Kier molecular flexibility index (Phi) is 6.12. The summed E-state index contributed by atoms with van der Waals surface area (Å²) in [6, 6.07) is 0. The zero-order valence-corrected chi connectivity index (χ0v) is 17.5. The van der Waals surface area contributed by atoms with E-state index in [0.717, 1.165) is 6.92 Å². The van der Waals surface area contributed by atoms with Gasteiger partial charge in [0.1, 0.15) is 0 Å². The van der Waals surface area contributed by atoms with Crippen LogP contribution in [-0.4, -0.2) is 35.1 Å². The molecule has 2 aliphatic rings. The quantitative estimate of drug-likeness (QED) is 0.470. The fourth-order valence-corrected chi connectivity index (χ4v) is 5.25. The third-order valence-corrected chi connectivity index (χ3v) is 7.77. The number of halogens is 6. The summed E-state index contributed by atoms with van der Waals surface area (Å²) in [6.45, 7) is 9.49. The summed E-state index contributed by atoms with van der Waals surface area (Å²) in [5, 5.41) is 9.94. The molecule has 0 spiro atoms. The van der Waals surface area contributed by atoms with Gasteiger partial charge >= 0.3 is 18.3 Å². The van der Waals surface area contributed by atoms with Crippen LogP contribution in [0.4, 0.5) is 26.3 Å². The summed E-state index contributed by atoms with van der Waals surface area (Å²) in [6.07, 6.45) is -13.9. The highest BCUT2D eigenvalue weighted by atomic mass is 19.4. The largest absolute Gasteiger partial charge is 0.458 e. The number of carbonyl (C=O) groups is 1. The van der Waals surface area contributed by atoms with E-state index < -0.39 is 47.3 Å². The summed E-state index contributed by atoms with van der Waals surface area (Å²) in [4.78, 5) is 13.0. The van der Waals surface area contributed by atoms with Crippen molar-refractivity contribution in [2.24, 2.45) is 40.9 Å². The minimum absolute atomic E-state index is 0.108. The molecule has 2 bridgehead atoms. The van der Waals surface area contributed by atoms with E-state index in [1.54, 1.807) is 6.92 Å². The van der Waals surface area contributed by atoms with E-state index in [-0.39, 0.29) is 17.8 Å². The molecule has 2 fully saturated rings. The normalized spacial score (nSPS) is 35.1. The fraction of sp³-hybridized carbons (Fsp3) is 0.950. The summed E-state index contributed by atoms with van der Waals surface area (Å²) in [5.41, 5.74) is -6.31. The molecule has 0 aromatic rings. The highest BCUT2D eigenvalue weighted by molar-refractivity contribution is 5.78. The molecule has 2 aliphatic carbocycles. The Bertz CT molecular complexity index is 613. The maximum atomic E-state index is 13.5. The Morgan fingerprint density at radius 3 is 1.86 bits per heavy atom. The van der Waals surface area contributed by atoms with E-state index in [9.17, 15) is 36.2 Å². The number of alkyl halides is 6. The van der Waals surface area contributed by atoms with E-state index in [1.165, 1.54) is 13.8 Å². The highest BCUT2D eigenvalue weighted by Crippen LogP contribution is 2.61. The van der Waals surface area contributed by atoms with E-state index in [4.69, 9.17) is 4.74 Å². The number of ether oxygens (including phenoxy) is 1. The minimum Gasteiger partial charge on any atom is -0.458 e. The monoisotopic (exact) mass is 432 g/mol. The van der Waals surface area contributed by atoms with Crippen LogP contribution in [0, 0.1) is 40.9 Å². The number of esters is 1. The molecule has 3 nitrogen and oxygen atoms in total. The second kappa shape index (κ2) is 7.31. The van der Waals surface area contributed by atoms with Gasteiger partial charge in [-0.2, -0.15) is 26.3 Å². The van der Waals surface area contributed by atoms with Crippen molar-refractivity contribution >= 4 is 5.97 Å². The molecule has 0 heterocycles. The van der Waals surface area contributed by atoms with Gasteiger partial charge in [-0.05, 0) is 55.3 Å². The summed E-state index contributed by atoms with van der Waals surface area (Å²) in [7, 11) is 0. The average Bonchev–Trinajstić information content (AvgIpc) is 3.05. The molecule has 2 saturated carbocycles.